The zero-order valence-electron chi connectivity index (χ0n) is 19.4. The number of hydrogen-bond acceptors (Lipinski definition) is 4. The summed E-state index contributed by atoms with van der Waals surface area (Å²) in [7, 11) is 0. The number of pyridine rings is 1. The van der Waals surface area contributed by atoms with Gasteiger partial charge in [-0.05, 0) is 35.7 Å². The lowest BCUT2D eigenvalue weighted by Crippen LogP contribution is -2.17. The van der Waals surface area contributed by atoms with Crippen molar-refractivity contribution >= 4 is 33.1 Å². The van der Waals surface area contributed by atoms with E-state index >= 15 is 0 Å². The Morgan fingerprint density at radius 1 is 0.917 bits per heavy atom. The fourth-order valence-corrected chi connectivity index (χ4v) is 4.97. The van der Waals surface area contributed by atoms with Crippen LogP contribution in [0, 0.1) is 0 Å². The number of halogens is 6. The van der Waals surface area contributed by atoms with Gasteiger partial charge < -0.3 is 10.3 Å². The summed E-state index contributed by atoms with van der Waals surface area (Å²) in [5, 5.41) is 3.57. The molecule has 0 bridgehead atoms. The second kappa shape index (κ2) is 8.95. The van der Waals surface area contributed by atoms with Crippen LogP contribution in [0.1, 0.15) is 48.0 Å². The van der Waals surface area contributed by atoms with Gasteiger partial charge in [0.25, 0.3) is 5.56 Å². The molecule has 190 valence electrons. The van der Waals surface area contributed by atoms with Crippen molar-refractivity contribution in [3.05, 3.63) is 86.1 Å². The molecule has 0 aliphatic carbocycles. The maximum absolute atomic E-state index is 13.2. The number of rotatable bonds is 4. The van der Waals surface area contributed by atoms with E-state index in [1.165, 1.54) is 0 Å². The smallest absolute Gasteiger partial charge is 0.332 e. The molecule has 2 N–H and O–H groups in total. The summed E-state index contributed by atoms with van der Waals surface area (Å²) in [5.74, 6) is 0. The van der Waals surface area contributed by atoms with E-state index in [9.17, 15) is 31.1 Å². The molecule has 0 aliphatic rings. The van der Waals surface area contributed by atoms with Crippen LogP contribution in [-0.2, 0) is 24.2 Å². The molecule has 4 aromatic rings. The summed E-state index contributed by atoms with van der Waals surface area (Å²) in [6, 6.07) is 10.3. The molecule has 0 fully saturated rings. The third-order valence-corrected chi connectivity index (χ3v) is 6.40. The van der Waals surface area contributed by atoms with Crippen molar-refractivity contribution in [3.8, 4) is 0 Å². The van der Waals surface area contributed by atoms with Gasteiger partial charge in [-0.1, -0.05) is 39.0 Å². The van der Waals surface area contributed by atoms with Gasteiger partial charge in [-0.15, -0.1) is 11.3 Å². The molecular weight excluding hydrogens is 504 g/mol. The fraction of sp³-hybridized carbons (Fsp3) is 0.280. The Hall–Kier alpha value is -3.34. The third kappa shape index (κ3) is 5.56. The number of aromatic nitrogens is 2. The highest BCUT2D eigenvalue weighted by atomic mass is 32.1. The first kappa shape index (κ1) is 25.7. The van der Waals surface area contributed by atoms with Crippen molar-refractivity contribution in [1.29, 1.82) is 0 Å². The van der Waals surface area contributed by atoms with E-state index in [1.54, 1.807) is 18.2 Å². The number of alkyl halides is 6. The summed E-state index contributed by atoms with van der Waals surface area (Å²) in [6.07, 6.45) is -9.72. The average molecular weight is 526 g/mol. The highest BCUT2D eigenvalue weighted by molar-refractivity contribution is 7.15. The zero-order chi connectivity index (χ0) is 26.5. The van der Waals surface area contributed by atoms with Gasteiger partial charge in [0.1, 0.15) is 0 Å². The van der Waals surface area contributed by atoms with Gasteiger partial charge in [-0.25, -0.2) is 4.98 Å². The molecule has 2 aromatic carbocycles. The topological polar surface area (TPSA) is 57.8 Å². The number of aromatic amines is 1. The average Bonchev–Trinajstić information content (AvgIpc) is 3.15. The lowest BCUT2D eigenvalue weighted by molar-refractivity contribution is -0.143. The molecule has 4 nitrogen and oxygen atoms in total. The van der Waals surface area contributed by atoms with Crippen LogP contribution in [0.2, 0.25) is 0 Å². The molecule has 0 aliphatic heterocycles. The van der Waals surface area contributed by atoms with Crippen molar-refractivity contribution in [2.24, 2.45) is 0 Å². The van der Waals surface area contributed by atoms with Gasteiger partial charge >= 0.3 is 12.4 Å². The minimum atomic E-state index is -4.96. The number of thiazole rings is 1. The normalized spacial score (nSPS) is 12.8. The van der Waals surface area contributed by atoms with Gasteiger partial charge in [0.05, 0.1) is 16.8 Å². The lowest BCUT2D eigenvalue weighted by Gasteiger charge is -2.17. The third-order valence-electron chi connectivity index (χ3n) is 5.43. The molecule has 11 heteroatoms. The van der Waals surface area contributed by atoms with E-state index in [4.69, 9.17) is 0 Å². The largest absolute Gasteiger partial charge is 0.416 e. The standard InChI is InChI=1S/C25H21F6N3OS/c1-23(2,3)20-19(9-14-8-13-6-4-5-7-18(13)33-21(14)35)36-22(34-20)32-17-11-15(24(26,27)28)10-16(12-17)25(29,30)31/h4-8,10-12H,9H2,1-3H3,(H,32,34)(H,33,35). The van der Waals surface area contributed by atoms with E-state index in [1.807, 2.05) is 32.9 Å². The first-order valence-electron chi connectivity index (χ1n) is 10.8. The Kier molecular flexibility index (Phi) is 6.40. The Bertz CT molecular complexity index is 1450. The van der Waals surface area contributed by atoms with Crippen molar-refractivity contribution < 1.29 is 26.3 Å². The molecule has 0 saturated carbocycles. The number of nitrogens with zero attached hydrogens (tertiary/aromatic N) is 1. The molecule has 2 heterocycles. The number of hydrogen-bond donors (Lipinski definition) is 2. The van der Waals surface area contributed by atoms with Crippen LogP contribution < -0.4 is 10.9 Å². The molecule has 0 amide bonds. The number of anilines is 2. The highest BCUT2D eigenvalue weighted by Crippen LogP contribution is 2.40. The number of nitrogens with one attached hydrogen (secondary N) is 2. The Morgan fingerprint density at radius 3 is 2.11 bits per heavy atom. The van der Waals surface area contributed by atoms with Crippen LogP contribution in [0.5, 0.6) is 0 Å². The Balaban J connectivity index is 1.74. The van der Waals surface area contributed by atoms with Gasteiger partial charge in [0.15, 0.2) is 5.13 Å². The van der Waals surface area contributed by atoms with Crippen molar-refractivity contribution in [2.45, 2.75) is 45.0 Å². The SMILES string of the molecule is CC(C)(C)c1nc(Nc2cc(C(F)(F)F)cc(C(F)(F)F)c2)sc1Cc1cc2ccccc2[nH]c1=O. The van der Waals surface area contributed by atoms with Gasteiger partial charge in [0, 0.05) is 33.5 Å². The molecule has 36 heavy (non-hydrogen) atoms. The van der Waals surface area contributed by atoms with Crippen LogP contribution in [0.25, 0.3) is 10.9 Å². The fourth-order valence-electron chi connectivity index (χ4n) is 3.76. The van der Waals surface area contributed by atoms with E-state index < -0.39 is 28.9 Å². The van der Waals surface area contributed by atoms with Crippen molar-refractivity contribution in [3.63, 3.8) is 0 Å². The summed E-state index contributed by atoms with van der Waals surface area (Å²) in [4.78, 5) is 20.6. The number of H-pyrrole nitrogens is 1. The summed E-state index contributed by atoms with van der Waals surface area (Å²) in [5.41, 5.74) is -2.28. The first-order valence-corrected chi connectivity index (χ1v) is 11.6. The van der Waals surface area contributed by atoms with E-state index in [0.29, 0.717) is 33.8 Å². The minimum absolute atomic E-state index is 0.0744. The van der Waals surface area contributed by atoms with E-state index in [-0.39, 0.29) is 28.9 Å². The van der Waals surface area contributed by atoms with Crippen molar-refractivity contribution in [2.75, 3.05) is 5.32 Å². The molecule has 0 spiro atoms. The van der Waals surface area contributed by atoms with Crippen LogP contribution in [0.4, 0.5) is 37.2 Å². The maximum Gasteiger partial charge on any atom is 0.416 e. The van der Waals surface area contributed by atoms with Crippen molar-refractivity contribution in [1.82, 2.24) is 9.97 Å². The predicted octanol–water partition coefficient (Wildman–Crippen LogP) is 7.65. The van der Waals surface area contributed by atoms with Crippen LogP contribution in [0.15, 0.2) is 53.3 Å². The molecular formula is C25H21F6N3OS. The number of fused-ring (bicyclic) bond motifs is 1. The molecule has 4 rings (SSSR count). The van der Waals surface area contributed by atoms with E-state index in [0.717, 1.165) is 16.7 Å². The highest BCUT2D eigenvalue weighted by Gasteiger charge is 2.37. The first-order chi connectivity index (χ1) is 16.6. The second-order valence-electron chi connectivity index (χ2n) is 9.35. The Morgan fingerprint density at radius 2 is 1.53 bits per heavy atom. The lowest BCUT2D eigenvalue weighted by atomic mass is 9.90. The molecule has 2 aromatic heterocycles. The monoisotopic (exact) mass is 525 g/mol. The van der Waals surface area contributed by atoms with Gasteiger partial charge in [-0.2, -0.15) is 26.3 Å². The molecule has 0 atom stereocenters. The van der Waals surface area contributed by atoms with Crippen LogP contribution >= 0.6 is 11.3 Å². The predicted molar refractivity (Wildman–Crippen MR) is 128 cm³/mol. The van der Waals surface area contributed by atoms with Gasteiger partial charge in [0.2, 0.25) is 0 Å². The molecule has 0 saturated heterocycles. The number of para-hydroxylation sites is 1. The summed E-state index contributed by atoms with van der Waals surface area (Å²) < 4.78 is 79.5. The molecule has 0 unspecified atom stereocenters. The Labute approximate surface area is 206 Å². The summed E-state index contributed by atoms with van der Waals surface area (Å²) >= 11 is 1.08. The van der Waals surface area contributed by atoms with Crippen LogP contribution in [0.3, 0.4) is 0 Å². The van der Waals surface area contributed by atoms with Crippen LogP contribution in [-0.4, -0.2) is 9.97 Å². The summed E-state index contributed by atoms with van der Waals surface area (Å²) in [6.45, 7) is 5.64. The maximum atomic E-state index is 13.2. The molecule has 0 radical (unpaired) electrons. The minimum Gasteiger partial charge on any atom is -0.332 e. The number of benzene rings is 2. The zero-order valence-corrected chi connectivity index (χ0v) is 20.2. The van der Waals surface area contributed by atoms with E-state index in [2.05, 4.69) is 15.3 Å². The van der Waals surface area contributed by atoms with Gasteiger partial charge in [-0.3, -0.25) is 4.79 Å². The second-order valence-corrected chi connectivity index (χ2v) is 10.4. The quantitative estimate of drug-likeness (QED) is 0.269.